The second kappa shape index (κ2) is 5.34. The standard InChI is InChI=1S/C15H9N3O5/c19-15-13(9-5-2-1-3-6-9)16-10-7-4-8-11(17(20)21)12(10)14(15)18(22)23/h1-8,19H. The van der Waals surface area contributed by atoms with E-state index >= 15 is 0 Å². The van der Waals surface area contributed by atoms with Gasteiger partial charge in [-0.15, -0.1) is 0 Å². The van der Waals surface area contributed by atoms with Gasteiger partial charge >= 0.3 is 5.69 Å². The van der Waals surface area contributed by atoms with Crippen LogP contribution in [-0.2, 0) is 0 Å². The molecule has 3 rings (SSSR count). The van der Waals surface area contributed by atoms with Gasteiger partial charge in [0.1, 0.15) is 5.69 Å². The number of rotatable bonds is 3. The lowest BCUT2D eigenvalue weighted by atomic mass is 10.1. The molecule has 0 fully saturated rings. The van der Waals surface area contributed by atoms with Gasteiger partial charge in [0.15, 0.2) is 5.39 Å². The van der Waals surface area contributed by atoms with E-state index in [0.29, 0.717) is 5.56 Å². The molecule has 0 saturated heterocycles. The summed E-state index contributed by atoms with van der Waals surface area (Å²) in [6, 6.07) is 12.4. The summed E-state index contributed by atoms with van der Waals surface area (Å²) in [7, 11) is 0. The second-order valence-electron chi connectivity index (χ2n) is 4.71. The minimum absolute atomic E-state index is 0.00491. The van der Waals surface area contributed by atoms with Crippen molar-refractivity contribution in [3.8, 4) is 17.0 Å². The first-order chi connectivity index (χ1) is 11.0. The van der Waals surface area contributed by atoms with Gasteiger partial charge in [0.05, 0.1) is 15.4 Å². The molecule has 0 spiro atoms. The molecule has 1 heterocycles. The van der Waals surface area contributed by atoms with Gasteiger partial charge in [0, 0.05) is 11.6 Å². The molecule has 0 aliphatic rings. The summed E-state index contributed by atoms with van der Waals surface area (Å²) in [5.74, 6) is -0.692. The maximum absolute atomic E-state index is 11.4. The lowest BCUT2D eigenvalue weighted by Crippen LogP contribution is -1.99. The van der Waals surface area contributed by atoms with Crippen molar-refractivity contribution in [3.63, 3.8) is 0 Å². The van der Waals surface area contributed by atoms with Crippen LogP contribution in [0.3, 0.4) is 0 Å². The number of aromatic nitrogens is 1. The number of hydrogen-bond donors (Lipinski definition) is 1. The molecule has 0 aliphatic carbocycles. The second-order valence-corrected chi connectivity index (χ2v) is 4.71. The highest BCUT2D eigenvalue weighted by Gasteiger charge is 2.30. The van der Waals surface area contributed by atoms with Crippen LogP contribution in [0.4, 0.5) is 11.4 Å². The molecule has 0 saturated carbocycles. The van der Waals surface area contributed by atoms with E-state index in [1.807, 2.05) is 0 Å². The molecule has 3 aromatic rings. The summed E-state index contributed by atoms with van der Waals surface area (Å²) >= 11 is 0. The minimum atomic E-state index is -0.835. The first-order valence-corrected chi connectivity index (χ1v) is 6.50. The Labute approximate surface area is 128 Å². The van der Waals surface area contributed by atoms with E-state index < -0.39 is 27.0 Å². The smallest absolute Gasteiger partial charge is 0.329 e. The first-order valence-electron chi connectivity index (χ1n) is 6.50. The fourth-order valence-corrected chi connectivity index (χ4v) is 2.40. The predicted octanol–water partition coefficient (Wildman–Crippen LogP) is 3.42. The molecule has 0 atom stereocenters. The van der Waals surface area contributed by atoms with Crippen molar-refractivity contribution in [2.45, 2.75) is 0 Å². The third-order valence-corrected chi connectivity index (χ3v) is 3.36. The maximum atomic E-state index is 11.4. The summed E-state index contributed by atoms with van der Waals surface area (Å²) < 4.78 is 0. The highest BCUT2D eigenvalue weighted by Crippen LogP contribution is 2.43. The number of fused-ring (bicyclic) bond motifs is 1. The summed E-state index contributed by atoms with van der Waals surface area (Å²) in [6.07, 6.45) is 0. The Morgan fingerprint density at radius 3 is 2.22 bits per heavy atom. The fraction of sp³-hybridized carbons (Fsp3) is 0. The van der Waals surface area contributed by atoms with E-state index in [1.54, 1.807) is 30.3 Å². The molecule has 114 valence electrons. The minimum Gasteiger partial charge on any atom is -0.501 e. The van der Waals surface area contributed by atoms with Crippen molar-refractivity contribution in [2.24, 2.45) is 0 Å². The van der Waals surface area contributed by atoms with Crippen molar-refractivity contribution in [3.05, 3.63) is 68.8 Å². The Morgan fingerprint density at radius 2 is 1.61 bits per heavy atom. The van der Waals surface area contributed by atoms with Gasteiger partial charge in [-0.05, 0) is 6.07 Å². The quantitative estimate of drug-likeness (QED) is 0.584. The zero-order valence-electron chi connectivity index (χ0n) is 11.5. The van der Waals surface area contributed by atoms with E-state index in [4.69, 9.17) is 0 Å². The van der Waals surface area contributed by atoms with E-state index in [0.717, 1.165) is 6.07 Å². The summed E-state index contributed by atoms with van der Waals surface area (Å²) in [4.78, 5) is 25.1. The van der Waals surface area contributed by atoms with Crippen LogP contribution in [0.25, 0.3) is 22.2 Å². The number of nitro benzene ring substituents is 1. The Hall–Kier alpha value is -3.55. The SMILES string of the molecule is O=[N+]([O-])c1cccc2nc(-c3ccccc3)c(O)c([N+](=O)[O-])c12. The average molecular weight is 311 g/mol. The van der Waals surface area contributed by atoms with Gasteiger partial charge in [-0.1, -0.05) is 36.4 Å². The molecule has 0 aliphatic heterocycles. The number of nitro groups is 2. The van der Waals surface area contributed by atoms with Crippen LogP contribution in [0.15, 0.2) is 48.5 Å². The molecule has 23 heavy (non-hydrogen) atoms. The van der Waals surface area contributed by atoms with Crippen molar-refractivity contribution >= 4 is 22.3 Å². The molecule has 2 aromatic carbocycles. The predicted molar refractivity (Wildman–Crippen MR) is 82.2 cm³/mol. The van der Waals surface area contributed by atoms with Crippen LogP contribution in [0, 0.1) is 20.2 Å². The number of hydrogen-bond acceptors (Lipinski definition) is 6. The van der Waals surface area contributed by atoms with Gasteiger partial charge in [-0.3, -0.25) is 20.2 Å². The van der Waals surface area contributed by atoms with E-state index in [9.17, 15) is 25.3 Å². The Balaban J connectivity index is 2.47. The van der Waals surface area contributed by atoms with E-state index in [2.05, 4.69) is 4.98 Å². The molecule has 0 bridgehead atoms. The largest absolute Gasteiger partial charge is 0.501 e. The molecule has 0 amide bonds. The van der Waals surface area contributed by atoms with Crippen molar-refractivity contribution in [2.75, 3.05) is 0 Å². The number of nitrogens with zero attached hydrogens (tertiary/aromatic N) is 3. The van der Waals surface area contributed by atoms with Crippen LogP contribution >= 0.6 is 0 Å². The highest BCUT2D eigenvalue weighted by molar-refractivity contribution is 6.00. The van der Waals surface area contributed by atoms with Gasteiger partial charge in [-0.2, -0.15) is 0 Å². The van der Waals surface area contributed by atoms with Crippen LogP contribution in [-0.4, -0.2) is 19.9 Å². The summed E-state index contributed by atoms with van der Waals surface area (Å²) in [6.45, 7) is 0. The Morgan fingerprint density at radius 1 is 0.913 bits per heavy atom. The van der Waals surface area contributed by atoms with Crippen LogP contribution in [0.1, 0.15) is 0 Å². The van der Waals surface area contributed by atoms with E-state index in [1.165, 1.54) is 12.1 Å². The van der Waals surface area contributed by atoms with Crippen molar-refractivity contribution in [1.82, 2.24) is 4.98 Å². The lowest BCUT2D eigenvalue weighted by molar-refractivity contribution is -0.390. The molecule has 0 unspecified atom stereocenters. The summed E-state index contributed by atoms with van der Waals surface area (Å²) in [5.41, 5.74) is -0.646. The molecular formula is C15H9N3O5. The number of aromatic hydroxyl groups is 1. The molecule has 0 radical (unpaired) electrons. The first kappa shape index (κ1) is 14.4. The van der Waals surface area contributed by atoms with Crippen LogP contribution < -0.4 is 0 Å². The summed E-state index contributed by atoms with van der Waals surface area (Å²) in [5, 5.41) is 32.5. The van der Waals surface area contributed by atoms with Crippen LogP contribution in [0.2, 0.25) is 0 Å². The zero-order valence-corrected chi connectivity index (χ0v) is 11.5. The fourth-order valence-electron chi connectivity index (χ4n) is 2.40. The number of pyridine rings is 1. The van der Waals surface area contributed by atoms with Gasteiger partial charge < -0.3 is 5.11 Å². The molecule has 1 aromatic heterocycles. The lowest BCUT2D eigenvalue weighted by Gasteiger charge is -2.08. The molecule has 8 heteroatoms. The van der Waals surface area contributed by atoms with Crippen molar-refractivity contribution in [1.29, 1.82) is 0 Å². The number of non-ortho nitro benzene ring substituents is 1. The Bertz CT molecular complexity index is 941. The average Bonchev–Trinajstić information content (AvgIpc) is 2.54. The van der Waals surface area contributed by atoms with E-state index in [-0.39, 0.29) is 16.6 Å². The molecule has 1 N–H and O–H groups in total. The van der Waals surface area contributed by atoms with Gasteiger partial charge in [-0.25, -0.2) is 4.98 Å². The molecule has 8 nitrogen and oxygen atoms in total. The maximum Gasteiger partial charge on any atom is 0.329 e. The van der Waals surface area contributed by atoms with Gasteiger partial charge in [0.25, 0.3) is 5.69 Å². The van der Waals surface area contributed by atoms with Gasteiger partial charge in [0.2, 0.25) is 5.75 Å². The van der Waals surface area contributed by atoms with Crippen LogP contribution in [0.5, 0.6) is 5.75 Å². The number of benzene rings is 2. The molecular weight excluding hydrogens is 302 g/mol. The van der Waals surface area contributed by atoms with Crippen molar-refractivity contribution < 1.29 is 15.0 Å². The third-order valence-electron chi connectivity index (χ3n) is 3.36. The highest BCUT2D eigenvalue weighted by atomic mass is 16.6. The monoisotopic (exact) mass is 311 g/mol. The topological polar surface area (TPSA) is 119 Å². The normalized spacial score (nSPS) is 10.6. The zero-order chi connectivity index (χ0) is 16.6. The third kappa shape index (κ3) is 2.31. The Kier molecular flexibility index (Phi) is 3.34.